The van der Waals surface area contributed by atoms with E-state index in [4.69, 9.17) is 10.2 Å². The molecule has 3 N–H and O–H groups in total. The molecule has 0 radical (unpaired) electrons. The first-order valence-electron chi connectivity index (χ1n) is 7.61. The van der Waals surface area contributed by atoms with Crippen LogP contribution in [-0.4, -0.2) is 11.1 Å². The summed E-state index contributed by atoms with van der Waals surface area (Å²) in [5, 5.41) is 9.52. The molecule has 1 aromatic heterocycles. The monoisotopic (exact) mass is 275 g/mol. The zero-order valence-electron chi connectivity index (χ0n) is 11.8. The van der Waals surface area contributed by atoms with E-state index in [2.05, 4.69) is 0 Å². The molecule has 4 bridgehead atoms. The fourth-order valence-electron chi connectivity index (χ4n) is 5.83. The van der Waals surface area contributed by atoms with Gasteiger partial charge in [0, 0.05) is 11.0 Å². The van der Waals surface area contributed by atoms with Gasteiger partial charge in [0.1, 0.15) is 11.3 Å². The molecule has 4 saturated carbocycles. The van der Waals surface area contributed by atoms with Crippen LogP contribution in [0.25, 0.3) is 0 Å². The van der Waals surface area contributed by atoms with E-state index < -0.39 is 5.97 Å². The maximum atomic E-state index is 11.6. The summed E-state index contributed by atoms with van der Waals surface area (Å²) < 4.78 is 5.49. The molecule has 4 aliphatic rings. The SMILES string of the molecule is Cc1oc(N)c(C(=O)O)c1C12CC3CC(CC(C3)C1)C2. The van der Waals surface area contributed by atoms with Crippen molar-refractivity contribution in [2.75, 3.05) is 5.73 Å². The Bertz CT molecular complexity index is 552. The molecule has 0 amide bonds. The van der Waals surface area contributed by atoms with Crippen molar-refractivity contribution in [2.24, 2.45) is 17.8 Å². The summed E-state index contributed by atoms with van der Waals surface area (Å²) in [6.45, 7) is 1.87. The van der Waals surface area contributed by atoms with Crippen molar-refractivity contribution in [1.29, 1.82) is 0 Å². The lowest BCUT2D eigenvalue weighted by atomic mass is 9.47. The summed E-state index contributed by atoms with van der Waals surface area (Å²) >= 11 is 0. The Balaban J connectivity index is 1.87. The van der Waals surface area contributed by atoms with Gasteiger partial charge in [-0.05, 0) is 63.2 Å². The van der Waals surface area contributed by atoms with Gasteiger partial charge in [0.15, 0.2) is 0 Å². The van der Waals surface area contributed by atoms with Gasteiger partial charge in [0.25, 0.3) is 0 Å². The minimum atomic E-state index is -0.940. The van der Waals surface area contributed by atoms with Crippen LogP contribution in [0.4, 0.5) is 5.88 Å². The number of hydrogen-bond donors (Lipinski definition) is 2. The Kier molecular flexibility index (Phi) is 2.34. The van der Waals surface area contributed by atoms with Crippen LogP contribution in [-0.2, 0) is 5.41 Å². The normalized spacial score (nSPS) is 38.4. The van der Waals surface area contributed by atoms with Crippen LogP contribution >= 0.6 is 0 Å². The van der Waals surface area contributed by atoms with Crippen molar-refractivity contribution in [3.05, 3.63) is 16.9 Å². The molecule has 0 saturated heterocycles. The van der Waals surface area contributed by atoms with E-state index in [1.54, 1.807) is 0 Å². The number of anilines is 1. The Morgan fingerprint density at radius 1 is 1.20 bits per heavy atom. The van der Waals surface area contributed by atoms with E-state index in [1.165, 1.54) is 19.3 Å². The largest absolute Gasteiger partial charge is 0.477 e. The molecule has 4 fully saturated rings. The van der Waals surface area contributed by atoms with Crippen LogP contribution in [0, 0.1) is 24.7 Å². The molecule has 20 heavy (non-hydrogen) atoms. The van der Waals surface area contributed by atoms with Gasteiger partial charge in [-0.25, -0.2) is 4.79 Å². The van der Waals surface area contributed by atoms with Gasteiger partial charge in [-0.3, -0.25) is 0 Å². The average molecular weight is 275 g/mol. The highest BCUT2D eigenvalue weighted by Crippen LogP contribution is 2.62. The number of carbonyl (C=O) groups is 1. The number of carboxylic acids is 1. The molecule has 5 rings (SSSR count). The topological polar surface area (TPSA) is 76.5 Å². The van der Waals surface area contributed by atoms with Crippen LogP contribution < -0.4 is 5.73 Å². The van der Waals surface area contributed by atoms with E-state index in [1.807, 2.05) is 6.92 Å². The maximum Gasteiger partial charge on any atom is 0.341 e. The highest BCUT2D eigenvalue weighted by Gasteiger charge is 2.54. The molecule has 0 aliphatic heterocycles. The first-order chi connectivity index (χ1) is 9.48. The summed E-state index contributed by atoms with van der Waals surface area (Å²) in [5.41, 5.74) is 6.99. The molecular formula is C16H21NO3. The number of aromatic carboxylic acids is 1. The van der Waals surface area contributed by atoms with Crippen LogP contribution in [0.15, 0.2) is 4.42 Å². The van der Waals surface area contributed by atoms with Gasteiger partial charge in [0.2, 0.25) is 5.88 Å². The molecular weight excluding hydrogens is 254 g/mol. The zero-order chi connectivity index (χ0) is 14.1. The van der Waals surface area contributed by atoms with E-state index in [0.29, 0.717) is 0 Å². The summed E-state index contributed by atoms with van der Waals surface area (Å²) in [4.78, 5) is 11.6. The number of furan rings is 1. The first kappa shape index (κ1) is 12.3. The Morgan fingerprint density at radius 3 is 2.15 bits per heavy atom. The smallest absolute Gasteiger partial charge is 0.341 e. The molecule has 4 aliphatic carbocycles. The maximum absolute atomic E-state index is 11.6. The Labute approximate surface area is 118 Å². The lowest BCUT2D eigenvalue weighted by molar-refractivity contribution is -0.00636. The fourth-order valence-corrected chi connectivity index (χ4v) is 5.83. The minimum Gasteiger partial charge on any atom is -0.477 e. The number of nitrogens with two attached hydrogens (primary N) is 1. The summed E-state index contributed by atoms with van der Waals surface area (Å²) in [6.07, 6.45) is 7.40. The van der Waals surface area contributed by atoms with Gasteiger partial charge in [-0.15, -0.1) is 0 Å². The van der Waals surface area contributed by atoms with Crippen molar-refractivity contribution >= 4 is 11.9 Å². The van der Waals surface area contributed by atoms with Crippen molar-refractivity contribution in [3.63, 3.8) is 0 Å². The summed E-state index contributed by atoms with van der Waals surface area (Å²) in [7, 11) is 0. The lowest BCUT2D eigenvalue weighted by Crippen LogP contribution is -2.49. The third-order valence-electron chi connectivity index (χ3n) is 5.89. The average Bonchev–Trinajstić information content (AvgIpc) is 2.63. The molecule has 4 heteroatoms. The molecule has 0 aromatic carbocycles. The quantitative estimate of drug-likeness (QED) is 0.868. The number of hydrogen-bond acceptors (Lipinski definition) is 3. The number of nitrogen functional groups attached to an aromatic ring is 1. The van der Waals surface area contributed by atoms with Crippen molar-refractivity contribution in [2.45, 2.75) is 50.9 Å². The first-order valence-corrected chi connectivity index (χ1v) is 7.61. The molecule has 1 aromatic rings. The third kappa shape index (κ3) is 1.51. The molecule has 108 valence electrons. The standard InChI is InChI=1S/C16H21NO3/c1-8-13(12(15(18)19)14(17)20-8)16-5-9-2-10(6-16)4-11(3-9)7-16/h9-11H,2-7,17H2,1H3,(H,18,19). The van der Waals surface area contributed by atoms with E-state index >= 15 is 0 Å². The van der Waals surface area contributed by atoms with Crippen molar-refractivity contribution in [1.82, 2.24) is 0 Å². The molecule has 0 spiro atoms. The van der Waals surface area contributed by atoms with Crippen molar-refractivity contribution < 1.29 is 14.3 Å². The highest BCUT2D eigenvalue weighted by atomic mass is 16.4. The predicted molar refractivity (Wildman–Crippen MR) is 74.7 cm³/mol. The summed E-state index contributed by atoms with van der Waals surface area (Å²) in [5.74, 6) is 2.20. The molecule has 1 heterocycles. The predicted octanol–water partition coefficient (Wildman–Crippen LogP) is 3.34. The van der Waals surface area contributed by atoms with Gasteiger partial charge in [-0.2, -0.15) is 0 Å². The van der Waals surface area contributed by atoms with Crippen molar-refractivity contribution in [3.8, 4) is 0 Å². The molecule has 0 unspecified atom stereocenters. The van der Waals surface area contributed by atoms with Crippen LogP contribution in [0.5, 0.6) is 0 Å². The van der Waals surface area contributed by atoms with Gasteiger partial charge < -0.3 is 15.3 Å². The zero-order valence-corrected chi connectivity index (χ0v) is 11.8. The lowest BCUT2D eigenvalue weighted by Gasteiger charge is -2.57. The van der Waals surface area contributed by atoms with Gasteiger partial charge in [-0.1, -0.05) is 0 Å². The van der Waals surface area contributed by atoms with E-state index in [9.17, 15) is 9.90 Å². The highest BCUT2D eigenvalue weighted by molar-refractivity contribution is 5.95. The van der Waals surface area contributed by atoms with Crippen LogP contribution in [0.2, 0.25) is 0 Å². The molecule has 4 nitrogen and oxygen atoms in total. The second kappa shape index (κ2) is 3.80. The number of aryl methyl sites for hydroxylation is 1. The number of carboxylic acid groups (broad SMARTS) is 1. The Morgan fingerprint density at radius 2 is 1.70 bits per heavy atom. The van der Waals surface area contributed by atoms with Crippen LogP contribution in [0.3, 0.4) is 0 Å². The molecule has 0 atom stereocenters. The van der Waals surface area contributed by atoms with Gasteiger partial charge in [0.05, 0.1) is 0 Å². The van der Waals surface area contributed by atoms with Gasteiger partial charge >= 0.3 is 5.97 Å². The summed E-state index contributed by atoms with van der Waals surface area (Å²) in [6, 6.07) is 0. The van der Waals surface area contributed by atoms with Crippen LogP contribution in [0.1, 0.15) is 60.2 Å². The van der Waals surface area contributed by atoms with E-state index in [0.717, 1.165) is 48.3 Å². The Hall–Kier alpha value is -1.45. The second-order valence-electron chi connectivity index (χ2n) is 7.28. The minimum absolute atomic E-state index is 0.0215. The second-order valence-corrected chi connectivity index (χ2v) is 7.28. The van der Waals surface area contributed by atoms with E-state index in [-0.39, 0.29) is 16.9 Å². The fraction of sp³-hybridized carbons (Fsp3) is 0.688. The number of rotatable bonds is 2. The third-order valence-corrected chi connectivity index (χ3v) is 5.89.